The predicted molar refractivity (Wildman–Crippen MR) is 64.9 cm³/mol. The van der Waals surface area contributed by atoms with Crippen LogP contribution in [0.1, 0.15) is 5.56 Å². The van der Waals surface area contributed by atoms with Crippen LogP contribution in [0.3, 0.4) is 0 Å². The largest absolute Gasteiger partial charge is 0.398 e. The highest BCUT2D eigenvalue weighted by atomic mass is 35.5. The molecule has 2 rings (SSSR count). The van der Waals surface area contributed by atoms with Crippen LogP contribution in [-0.4, -0.2) is 0 Å². The fourth-order valence-corrected chi connectivity index (χ4v) is 1.58. The molecule has 0 aromatic heterocycles. The van der Waals surface area contributed by atoms with Crippen LogP contribution in [0.5, 0.6) is 0 Å². The first-order valence-corrected chi connectivity index (χ1v) is 5.08. The predicted octanol–water partition coefficient (Wildman–Crippen LogP) is 3.70. The molecular formula is C13H11ClN. The number of nitrogen functional groups attached to an aromatic ring is 1. The molecule has 1 nitrogen and oxygen atoms in total. The third-order valence-electron chi connectivity index (χ3n) is 2.26. The van der Waals surface area contributed by atoms with Gasteiger partial charge in [-0.15, -0.1) is 0 Å². The molecule has 0 saturated carbocycles. The standard InChI is InChI=1S/C13H11ClN/c1-9-3-2-4-10(7-9)11-5-6-12(14)13(15)8-11/h2-3,5-8H,15H2,1H3. The normalized spacial score (nSPS) is 10.3. The molecule has 0 aliphatic rings. The molecule has 1 radical (unpaired) electrons. The average molecular weight is 217 g/mol. The maximum atomic E-state index is 5.86. The van der Waals surface area contributed by atoms with Crippen molar-refractivity contribution in [2.45, 2.75) is 6.92 Å². The number of halogens is 1. The highest BCUT2D eigenvalue weighted by Crippen LogP contribution is 2.26. The first kappa shape index (κ1) is 10.1. The van der Waals surface area contributed by atoms with Crippen molar-refractivity contribution in [3.63, 3.8) is 0 Å². The van der Waals surface area contributed by atoms with E-state index in [0.717, 1.165) is 11.1 Å². The number of benzene rings is 2. The van der Waals surface area contributed by atoms with Crippen LogP contribution in [0.25, 0.3) is 11.1 Å². The number of hydrogen-bond donors (Lipinski definition) is 1. The summed E-state index contributed by atoms with van der Waals surface area (Å²) in [5.74, 6) is 0. The fourth-order valence-electron chi connectivity index (χ4n) is 1.46. The van der Waals surface area contributed by atoms with E-state index in [1.165, 1.54) is 5.56 Å². The van der Waals surface area contributed by atoms with Gasteiger partial charge in [0, 0.05) is 0 Å². The van der Waals surface area contributed by atoms with Crippen LogP contribution in [0, 0.1) is 13.0 Å². The molecule has 0 saturated heterocycles. The molecular weight excluding hydrogens is 206 g/mol. The number of rotatable bonds is 1. The molecule has 2 heteroatoms. The molecule has 0 amide bonds. The van der Waals surface area contributed by atoms with Gasteiger partial charge in [-0.25, -0.2) is 0 Å². The van der Waals surface area contributed by atoms with E-state index < -0.39 is 0 Å². The molecule has 2 aromatic carbocycles. The lowest BCUT2D eigenvalue weighted by Crippen LogP contribution is -1.87. The molecule has 0 bridgehead atoms. The Balaban J connectivity index is 2.50. The van der Waals surface area contributed by atoms with Crippen molar-refractivity contribution in [1.29, 1.82) is 0 Å². The molecule has 2 aromatic rings. The van der Waals surface area contributed by atoms with Gasteiger partial charge in [-0.05, 0) is 36.2 Å². The summed E-state index contributed by atoms with van der Waals surface area (Å²) >= 11 is 5.86. The van der Waals surface area contributed by atoms with Crippen LogP contribution in [0.15, 0.2) is 36.4 Å². The third-order valence-corrected chi connectivity index (χ3v) is 2.61. The van der Waals surface area contributed by atoms with Crippen molar-refractivity contribution in [3.05, 3.63) is 53.1 Å². The second-order valence-electron chi connectivity index (χ2n) is 3.52. The summed E-state index contributed by atoms with van der Waals surface area (Å²) in [6.07, 6.45) is 0. The maximum absolute atomic E-state index is 5.86. The Morgan fingerprint density at radius 3 is 2.67 bits per heavy atom. The minimum absolute atomic E-state index is 0.589. The number of hydrogen-bond acceptors (Lipinski definition) is 1. The summed E-state index contributed by atoms with van der Waals surface area (Å²) in [5, 5.41) is 0.589. The van der Waals surface area contributed by atoms with E-state index in [4.69, 9.17) is 17.3 Å². The van der Waals surface area contributed by atoms with E-state index in [1.54, 1.807) is 0 Å². The lowest BCUT2D eigenvalue weighted by atomic mass is 10.0. The Hall–Kier alpha value is -1.47. The van der Waals surface area contributed by atoms with Crippen LogP contribution in [0.4, 0.5) is 5.69 Å². The molecule has 75 valence electrons. The zero-order valence-electron chi connectivity index (χ0n) is 8.42. The summed E-state index contributed by atoms with van der Waals surface area (Å²) < 4.78 is 0. The summed E-state index contributed by atoms with van der Waals surface area (Å²) in [6, 6.07) is 14.8. The molecule has 0 heterocycles. The minimum atomic E-state index is 0.589. The first-order valence-electron chi connectivity index (χ1n) is 4.70. The van der Waals surface area contributed by atoms with Gasteiger partial charge in [0.2, 0.25) is 0 Å². The van der Waals surface area contributed by atoms with E-state index in [-0.39, 0.29) is 0 Å². The van der Waals surface area contributed by atoms with Gasteiger partial charge in [-0.3, -0.25) is 0 Å². The molecule has 0 fully saturated rings. The van der Waals surface area contributed by atoms with Gasteiger partial charge in [-0.2, -0.15) is 0 Å². The third kappa shape index (κ3) is 2.13. The SMILES string of the molecule is Cc1cc[c]c(-c2ccc(Cl)c(N)c2)c1. The number of nitrogens with two attached hydrogens (primary N) is 1. The summed E-state index contributed by atoms with van der Waals surface area (Å²) in [7, 11) is 0. The van der Waals surface area contributed by atoms with Gasteiger partial charge in [0.1, 0.15) is 0 Å². The monoisotopic (exact) mass is 216 g/mol. The highest BCUT2D eigenvalue weighted by molar-refractivity contribution is 6.33. The Labute approximate surface area is 94.5 Å². The van der Waals surface area contributed by atoms with Gasteiger partial charge in [0.15, 0.2) is 0 Å². The Bertz CT molecular complexity index is 492. The van der Waals surface area contributed by atoms with Crippen molar-refractivity contribution >= 4 is 17.3 Å². The van der Waals surface area contributed by atoms with Crippen molar-refractivity contribution < 1.29 is 0 Å². The summed E-state index contributed by atoms with van der Waals surface area (Å²) in [4.78, 5) is 0. The molecule has 0 aliphatic heterocycles. The van der Waals surface area contributed by atoms with Crippen LogP contribution in [-0.2, 0) is 0 Å². The van der Waals surface area contributed by atoms with Gasteiger partial charge in [0.05, 0.1) is 10.7 Å². The maximum Gasteiger partial charge on any atom is 0.0635 e. The Morgan fingerprint density at radius 1 is 1.20 bits per heavy atom. The van der Waals surface area contributed by atoms with Crippen molar-refractivity contribution in [1.82, 2.24) is 0 Å². The number of aryl methyl sites for hydroxylation is 1. The second kappa shape index (κ2) is 3.95. The molecule has 0 aliphatic carbocycles. The van der Waals surface area contributed by atoms with E-state index in [0.29, 0.717) is 10.7 Å². The second-order valence-corrected chi connectivity index (χ2v) is 3.92. The topological polar surface area (TPSA) is 26.0 Å². The summed E-state index contributed by atoms with van der Waals surface area (Å²) in [5.41, 5.74) is 9.64. The zero-order valence-corrected chi connectivity index (χ0v) is 9.18. The summed E-state index contributed by atoms with van der Waals surface area (Å²) in [6.45, 7) is 2.05. The van der Waals surface area contributed by atoms with Gasteiger partial charge >= 0.3 is 0 Å². The Morgan fingerprint density at radius 2 is 2.00 bits per heavy atom. The lowest BCUT2D eigenvalue weighted by Gasteiger charge is -2.04. The van der Waals surface area contributed by atoms with Crippen molar-refractivity contribution in [2.24, 2.45) is 0 Å². The van der Waals surface area contributed by atoms with Gasteiger partial charge in [-0.1, -0.05) is 41.4 Å². The molecule has 0 spiro atoms. The molecule has 15 heavy (non-hydrogen) atoms. The minimum Gasteiger partial charge on any atom is -0.398 e. The molecule has 2 N–H and O–H groups in total. The van der Waals surface area contributed by atoms with E-state index in [1.807, 2.05) is 30.3 Å². The molecule has 0 atom stereocenters. The molecule has 0 unspecified atom stereocenters. The van der Waals surface area contributed by atoms with E-state index in [9.17, 15) is 0 Å². The average Bonchev–Trinajstić information content (AvgIpc) is 2.22. The zero-order chi connectivity index (χ0) is 10.8. The highest BCUT2D eigenvalue weighted by Gasteiger charge is 2.01. The van der Waals surface area contributed by atoms with Crippen molar-refractivity contribution in [3.8, 4) is 11.1 Å². The van der Waals surface area contributed by atoms with Crippen LogP contribution in [0.2, 0.25) is 5.02 Å². The quantitative estimate of drug-likeness (QED) is 0.723. The fraction of sp³-hybridized carbons (Fsp3) is 0.0769. The van der Waals surface area contributed by atoms with Crippen molar-refractivity contribution in [2.75, 3.05) is 5.73 Å². The van der Waals surface area contributed by atoms with Gasteiger partial charge in [0.25, 0.3) is 0 Å². The van der Waals surface area contributed by atoms with Crippen LogP contribution < -0.4 is 5.73 Å². The van der Waals surface area contributed by atoms with Crippen LogP contribution >= 0.6 is 11.6 Å². The first-order chi connectivity index (χ1) is 7.16. The Kier molecular flexibility index (Phi) is 2.65. The van der Waals surface area contributed by atoms with E-state index >= 15 is 0 Å². The van der Waals surface area contributed by atoms with E-state index in [2.05, 4.69) is 19.1 Å². The van der Waals surface area contributed by atoms with Gasteiger partial charge < -0.3 is 5.73 Å². The smallest absolute Gasteiger partial charge is 0.0635 e. The lowest BCUT2D eigenvalue weighted by molar-refractivity contribution is 1.46. The number of anilines is 1.